The molecule has 0 aromatic heterocycles. The summed E-state index contributed by atoms with van der Waals surface area (Å²) in [6, 6.07) is 12.3. The molecule has 0 saturated carbocycles. The molecule has 2 rings (SSSR count). The first-order valence-corrected chi connectivity index (χ1v) is 6.47. The number of halogens is 2. The van der Waals surface area contributed by atoms with Gasteiger partial charge < -0.3 is 0 Å². The number of carbonyl (C=O) groups excluding carboxylic acids is 1. The average Bonchev–Trinajstić information content (AvgIpc) is 2.41. The van der Waals surface area contributed by atoms with Crippen LogP contribution in [0.3, 0.4) is 0 Å². The van der Waals surface area contributed by atoms with Crippen LogP contribution in [0.2, 0.25) is 10.0 Å². The van der Waals surface area contributed by atoms with E-state index in [9.17, 15) is 4.79 Å². The van der Waals surface area contributed by atoms with Crippen molar-refractivity contribution >= 4 is 29.3 Å². The Kier molecular flexibility index (Phi) is 4.39. The molecular weight excluding hydrogens is 281 g/mol. The number of hydrogen-bond donors (Lipinski definition) is 0. The molecule has 1 atom stereocenters. The van der Waals surface area contributed by atoms with E-state index in [1.165, 1.54) is 0 Å². The summed E-state index contributed by atoms with van der Waals surface area (Å²) >= 11 is 12.3. The molecule has 0 heterocycles. The zero-order valence-corrected chi connectivity index (χ0v) is 11.7. The van der Waals surface area contributed by atoms with Crippen molar-refractivity contribution in [2.45, 2.75) is 13.0 Å². The summed E-state index contributed by atoms with van der Waals surface area (Å²) < 4.78 is 0. The van der Waals surface area contributed by atoms with E-state index in [0.717, 1.165) is 16.7 Å². The Hall–Kier alpha value is -1.60. The van der Waals surface area contributed by atoms with Gasteiger partial charge in [-0.05, 0) is 30.2 Å². The zero-order valence-electron chi connectivity index (χ0n) is 10.2. The van der Waals surface area contributed by atoms with E-state index in [1.54, 1.807) is 18.2 Å². The third-order valence-electron chi connectivity index (χ3n) is 2.99. The highest BCUT2D eigenvalue weighted by atomic mass is 35.5. The third kappa shape index (κ3) is 2.87. The monoisotopic (exact) mass is 291 g/mol. The van der Waals surface area contributed by atoms with Crippen LogP contribution in [0.1, 0.15) is 22.7 Å². The lowest BCUT2D eigenvalue weighted by Gasteiger charge is -2.16. The van der Waals surface area contributed by atoms with Crippen molar-refractivity contribution in [1.82, 2.24) is 0 Å². The normalized spacial score (nSPS) is 11.7. The van der Waals surface area contributed by atoms with Crippen molar-refractivity contribution in [2.75, 3.05) is 0 Å². The summed E-state index contributed by atoms with van der Waals surface area (Å²) in [5, 5.41) is 1.20. The highest BCUT2D eigenvalue weighted by molar-refractivity contribution is 6.32. The lowest BCUT2D eigenvalue weighted by Crippen LogP contribution is -2.01. The first kappa shape index (κ1) is 13.8. The maximum absolute atomic E-state index is 10.7. The Morgan fingerprint density at radius 3 is 2.32 bits per heavy atom. The van der Waals surface area contributed by atoms with E-state index in [0.29, 0.717) is 10.0 Å². The summed E-state index contributed by atoms with van der Waals surface area (Å²) in [6.45, 7) is 1.89. The van der Waals surface area contributed by atoms with Crippen LogP contribution < -0.4 is 0 Å². The fraction of sp³-hybridized carbons (Fsp3) is 0.133. The fourth-order valence-electron chi connectivity index (χ4n) is 1.98. The second kappa shape index (κ2) is 6.03. The number of benzene rings is 2. The number of nitrogens with zero attached hydrogens (tertiary/aromatic N) is 1. The molecule has 96 valence electrons. The minimum absolute atomic E-state index is 0.482. The van der Waals surface area contributed by atoms with Crippen LogP contribution in [0.5, 0.6) is 0 Å². The molecule has 0 spiro atoms. The summed E-state index contributed by atoms with van der Waals surface area (Å²) in [5.74, 6) is 0. The molecule has 0 amide bonds. The van der Waals surface area contributed by atoms with E-state index in [2.05, 4.69) is 4.99 Å². The van der Waals surface area contributed by atoms with Crippen LogP contribution in [0.15, 0.2) is 47.5 Å². The topological polar surface area (TPSA) is 29.4 Å². The van der Waals surface area contributed by atoms with Crippen LogP contribution >= 0.6 is 23.2 Å². The van der Waals surface area contributed by atoms with Gasteiger partial charge in [0.2, 0.25) is 6.08 Å². The first-order chi connectivity index (χ1) is 9.15. The van der Waals surface area contributed by atoms with Gasteiger partial charge in [-0.2, -0.15) is 4.99 Å². The fourth-order valence-corrected chi connectivity index (χ4v) is 2.40. The number of isocyanates is 1. The number of aliphatic imine (C=N–C) groups is 1. The van der Waals surface area contributed by atoms with Gasteiger partial charge in [-0.25, -0.2) is 4.79 Å². The van der Waals surface area contributed by atoms with Crippen molar-refractivity contribution in [3.8, 4) is 0 Å². The molecule has 0 N–H and O–H groups in total. The van der Waals surface area contributed by atoms with Crippen molar-refractivity contribution < 1.29 is 4.79 Å². The Bertz CT molecular complexity index is 648. The molecule has 19 heavy (non-hydrogen) atoms. The summed E-state index contributed by atoms with van der Waals surface area (Å²) in [7, 11) is 0. The molecule has 0 aliphatic rings. The number of rotatable bonds is 3. The van der Waals surface area contributed by atoms with Gasteiger partial charge in [-0.3, -0.25) is 0 Å². The molecule has 1 unspecified atom stereocenters. The lowest BCUT2D eigenvalue weighted by molar-refractivity contribution is 0.560. The van der Waals surface area contributed by atoms with Crippen LogP contribution in [-0.4, -0.2) is 6.08 Å². The molecule has 0 aliphatic heterocycles. The van der Waals surface area contributed by atoms with Crippen LogP contribution in [0.25, 0.3) is 0 Å². The summed E-state index contributed by atoms with van der Waals surface area (Å²) in [6.07, 6.45) is 1.61. The highest BCUT2D eigenvalue weighted by Gasteiger charge is 2.18. The van der Waals surface area contributed by atoms with Gasteiger partial charge in [0.15, 0.2) is 0 Å². The van der Waals surface area contributed by atoms with Gasteiger partial charge in [0.1, 0.15) is 6.04 Å². The predicted octanol–water partition coefficient (Wildman–Crippen LogP) is 4.73. The molecule has 2 aromatic carbocycles. The second-order valence-electron chi connectivity index (χ2n) is 4.10. The van der Waals surface area contributed by atoms with E-state index in [4.69, 9.17) is 23.2 Å². The molecular formula is C15H11Cl2NO. The molecule has 2 aromatic rings. The largest absolute Gasteiger partial charge is 0.235 e. The smallest absolute Gasteiger partial charge is 0.211 e. The van der Waals surface area contributed by atoms with Gasteiger partial charge in [-0.15, -0.1) is 0 Å². The van der Waals surface area contributed by atoms with Crippen molar-refractivity contribution in [2.24, 2.45) is 4.99 Å². The quantitative estimate of drug-likeness (QED) is 0.594. The zero-order chi connectivity index (χ0) is 13.8. The van der Waals surface area contributed by atoms with Gasteiger partial charge in [-0.1, -0.05) is 53.5 Å². The van der Waals surface area contributed by atoms with Crippen LogP contribution in [0, 0.1) is 6.92 Å². The van der Waals surface area contributed by atoms with Crippen molar-refractivity contribution in [1.29, 1.82) is 0 Å². The maximum atomic E-state index is 10.7. The molecule has 0 fully saturated rings. The van der Waals surface area contributed by atoms with Gasteiger partial charge >= 0.3 is 0 Å². The predicted molar refractivity (Wildman–Crippen MR) is 77.6 cm³/mol. The molecule has 0 saturated heterocycles. The standard InChI is InChI=1S/C15H11Cl2NO/c1-10-11(6-4-8-13(10)16)15(18-9-19)12-5-2-3-7-14(12)17/h2-8,15H,1H3. The van der Waals surface area contributed by atoms with Gasteiger partial charge in [0, 0.05) is 15.6 Å². The molecule has 0 radical (unpaired) electrons. The Labute approximate surface area is 121 Å². The summed E-state index contributed by atoms with van der Waals surface area (Å²) in [5.41, 5.74) is 2.50. The minimum atomic E-state index is -0.482. The minimum Gasteiger partial charge on any atom is -0.211 e. The Morgan fingerprint density at radius 2 is 1.63 bits per heavy atom. The lowest BCUT2D eigenvalue weighted by atomic mass is 9.95. The molecule has 4 heteroatoms. The maximum Gasteiger partial charge on any atom is 0.235 e. The molecule has 0 aliphatic carbocycles. The van der Waals surface area contributed by atoms with Crippen molar-refractivity contribution in [3.05, 3.63) is 69.2 Å². The van der Waals surface area contributed by atoms with Crippen LogP contribution in [-0.2, 0) is 4.79 Å². The van der Waals surface area contributed by atoms with Gasteiger partial charge in [0.05, 0.1) is 0 Å². The SMILES string of the molecule is Cc1c(Cl)cccc1C(N=C=O)c1ccccc1Cl. The number of hydrogen-bond acceptors (Lipinski definition) is 2. The molecule has 2 nitrogen and oxygen atoms in total. The summed E-state index contributed by atoms with van der Waals surface area (Å²) in [4.78, 5) is 14.6. The van der Waals surface area contributed by atoms with E-state index in [-0.39, 0.29) is 0 Å². The van der Waals surface area contributed by atoms with Gasteiger partial charge in [0.25, 0.3) is 0 Å². The third-order valence-corrected chi connectivity index (χ3v) is 3.74. The Balaban J connectivity index is 2.62. The van der Waals surface area contributed by atoms with Crippen molar-refractivity contribution in [3.63, 3.8) is 0 Å². The average molecular weight is 292 g/mol. The van der Waals surface area contributed by atoms with Crippen LogP contribution in [0.4, 0.5) is 0 Å². The Morgan fingerprint density at radius 1 is 1.00 bits per heavy atom. The van der Waals surface area contributed by atoms with E-state index >= 15 is 0 Å². The first-order valence-electron chi connectivity index (χ1n) is 5.71. The molecule has 0 bridgehead atoms. The highest BCUT2D eigenvalue weighted by Crippen LogP contribution is 2.34. The van der Waals surface area contributed by atoms with E-state index in [1.807, 2.05) is 37.3 Å². The second-order valence-corrected chi connectivity index (χ2v) is 4.91. The van der Waals surface area contributed by atoms with E-state index < -0.39 is 6.04 Å².